The number of rotatable bonds is 8. The van der Waals surface area contributed by atoms with E-state index in [0.29, 0.717) is 18.0 Å². The fraction of sp³-hybridized carbons (Fsp3) is 0.500. The largest absolute Gasteiger partial charge is 0.352 e. The molecule has 0 atom stereocenters. The van der Waals surface area contributed by atoms with Crippen LogP contribution in [0.3, 0.4) is 0 Å². The molecule has 2 heterocycles. The van der Waals surface area contributed by atoms with Crippen molar-refractivity contribution in [2.75, 3.05) is 12.8 Å². The zero-order chi connectivity index (χ0) is 16.7. The van der Waals surface area contributed by atoms with E-state index in [-0.39, 0.29) is 5.91 Å². The minimum atomic E-state index is -0.0687. The van der Waals surface area contributed by atoms with Crippen LogP contribution in [-0.4, -0.2) is 38.5 Å². The molecule has 0 fully saturated rings. The van der Waals surface area contributed by atoms with Gasteiger partial charge in [0.15, 0.2) is 5.16 Å². The predicted molar refractivity (Wildman–Crippen MR) is 91.5 cm³/mol. The van der Waals surface area contributed by atoms with Crippen molar-refractivity contribution < 1.29 is 4.79 Å². The summed E-state index contributed by atoms with van der Waals surface area (Å²) in [6, 6.07) is 3.42. The number of nitrogens with one attached hydrogen (secondary N) is 1. The molecule has 0 spiro atoms. The second-order valence-corrected chi connectivity index (χ2v) is 6.48. The molecule has 7 heteroatoms. The summed E-state index contributed by atoms with van der Waals surface area (Å²) in [5.74, 6) is 1.46. The molecule has 0 saturated heterocycles. The molecule has 0 saturated carbocycles. The number of thioether (sulfide) groups is 1. The molecule has 0 aromatic carbocycles. The van der Waals surface area contributed by atoms with Gasteiger partial charge in [-0.05, 0) is 30.7 Å². The topological polar surface area (TPSA) is 72.7 Å². The van der Waals surface area contributed by atoms with Crippen LogP contribution in [0, 0.1) is 5.92 Å². The van der Waals surface area contributed by atoms with Crippen molar-refractivity contribution in [1.82, 2.24) is 25.1 Å². The van der Waals surface area contributed by atoms with E-state index in [2.05, 4.69) is 38.9 Å². The third-order valence-corrected chi connectivity index (χ3v) is 4.00. The molecule has 0 aliphatic rings. The van der Waals surface area contributed by atoms with Crippen molar-refractivity contribution in [3.05, 3.63) is 35.9 Å². The van der Waals surface area contributed by atoms with Crippen molar-refractivity contribution >= 4 is 17.7 Å². The van der Waals surface area contributed by atoms with E-state index in [1.54, 1.807) is 36.3 Å². The highest BCUT2D eigenvalue weighted by atomic mass is 32.2. The summed E-state index contributed by atoms with van der Waals surface area (Å²) in [5, 5.41) is 12.4. The molecule has 2 aromatic rings. The highest BCUT2D eigenvalue weighted by Crippen LogP contribution is 2.16. The summed E-state index contributed by atoms with van der Waals surface area (Å²) in [6.45, 7) is 5.90. The first-order valence-electron chi connectivity index (χ1n) is 7.76. The Bertz CT molecular complexity index is 627. The minimum Gasteiger partial charge on any atom is -0.352 e. The highest BCUT2D eigenvalue weighted by Gasteiger charge is 2.12. The van der Waals surface area contributed by atoms with Gasteiger partial charge in [-0.2, -0.15) is 0 Å². The van der Waals surface area contributed by atoms with Gasteiger partial charge in [-0.3, -0.25) is 9.78 Å². The molecular weight excluding hydrogens is 310 g/mol. The Hall–Kier alpha value is -1.89. The summed E-state index contributed by atoms with van der Waals surface area (Å²) < 4.78 is 2.18. The summed E-state index contributed by atoms with van der Waals surface area (Å²) in [7, 11) is 0. The first-order chi connectivity index (χ1) is 11.1. The molecule has 0 bridgehead atoms. The zero-order valence-corrected chi connectivity index (χ0v) is 14.6. The lowest BCUT2D eigenvalue weighted by Gasteiger charge is -2.11. The summed E-state index contributed by atoms with van der Waals surface area (Å²) in [5.41, 5.74) is 0.632. The molecule has 2 rings (SSSR count). The van der Waals surface area contributed by atoms with Gasteiger partial charge in [0.25, 0.3) is 5.91 Å². The third kappa shape index (κ3) is 5.06. The molecule has 6 nitrogen and oxygen atoms in total. The maximum Gasteiger partial charge on any atom is 0.251 e. The number of aromatic nitrogens is 4. The first-order valence-corrected chi connectivity index (χ1v) is 8.98. The van der Waals surface area contributed by atoms with Crippen molar-refractivity contribution in [2.45, 2.75) is 38.4 Å². The molecular formula is C16H23N5OS. The number of carbonyl (C=O) groups excluding carboxylic acids is 1. The van der Waals surface area contributed by atoms with E-state index in [1.807, 2.05) is 6.26 Å². The maximum absolute atomic E-state index is 11.9. The van der Waals surface area contributed by atoms with Gasteiger partial charge in [0.2, 0.25) is 0 Å². The van der Waals surface area contributed by atoms with Crippen LogP contribution in [0.2, 0.25) is 0 Å². The second-order valence-electron chi connectivity index (χ2n) is 5.70. The van der Waals surface area contributed by atoms with Crippen LogP contribution in [0.4, 0.5) is 0 Å². The normalized spacial score (nSPS) is 11.0. The fourth-order valence-electron chi connectivity index (χ4n) is 2.26. The number of hydrogen-bond acceptors (Lipinski definition) is 5. The van der Waals surface area contributed by atoms with E-state index in [9.17, 15) is 4.79 Å². The lowest BCUT2D eigenvalue weighted by molar-refractivity contribution is 0.0953. The van der Waals surface area contributed by atoms with Gasteiger partial charge < -0.3 is 9.88 Å². The quantitative estimate of drug-likeness (QED) is 0.593. The molecule has 0 aliphatic carbocycles. The Labute approximate surface area is 141 Å². The van der Waals surface area contributed by atoms with Gasteiger partial charge >= 0.3 is 0 Å². The smallest absolute Gasteiger partial charge is 0.251 e. The Kier molecular flexibility index (Phi) is 6.58. The van der Waals surface area contributed by atoms with Gasteiger partial charge in [0, 0.05) is 37.5 Å². The molecule has 23 heavy (non-hydrogen) atoms. The predicted octanol–water partition coefficient (Wildman–Crippen LogP) is 2.41. The summed E-state index contributed by atoms with van der Waals surface area (Å²) in [4.78, 5) is 15.9. The van der Waals surface area contributed by atoms with E-state index in [0.717, 1.165) is 30.4 Å². The number of amides is 1. The third-order valence-electron chi connectivity index (χ3n) is 3.33. The monoisotopic (exact) mass is 333 g/mol. The van der Waals surface area contributed by atoms with E-state index >= 15 is 0 Å². The molecule has 1 N–H and O–H groups in total. The van der Waals surface area contributed by atoms with Crippen LogP contribution < -0.4 is 5.32 Å². The van der Waals surface area contributed by atoms with Crippen LogP contribution in [-0.2, 0) is 13.0 Å². The van der Waals surface area contributed by atoms with Gasteiger partial charge in [0.1, 0.15) is 5.82 Å². The standard InChI is InChI=1S/C16H23N5OS/c1-12(2)11-21-14(19-20-16(21)23-3)5-4-8-18-15(22)13-6-9-17-10-7-13/h6-7,9-10,12H,4-5,8,11H2,1-3H3,(H,18,22). The van der Waals surface area contributed by atoms with Crippen LogP contribution in [0.1, 0.15) is 36.5 Å². The van der Waals surface area contributed by atoms with Gasteiger partial charge in [-0.15, -0.1) is 10.2 Å². The average Bonchev–Trinajstić information content (AvgIpc) is 2.93. The summed E-state index contributed by atoms with van der Waals surface area (Å²) in [6.07, 6.45) is 6.89. The van der Waals surface area contributed by atoms with Crippen LogP contribution >= 0.6 is 11.8 Å². The van der Waals surface area contributed by atoms with Gasteiger partial charge in [0.05, 0.1) is 0 Å². The number of nitrogens with zero attached hydrogens (tertiary/aromatic N) is 4. The zero-order valence-electron chi connectivity index (χ0n) is 13.8. The van der Waals surface area contributed by atoms with Gasteiger partial charge in [-0.25, -0.2) is 0 Å². The Morgan fingerprint density at radius 3 is 2.70 bits per heavy atom. The average molecular weight is 333 g/mol. The lowest BCUT2D eigenvalue weighted by Crippen LogP contribution is -2.25. The van der Waals surface area contributed by atoms with Crippen LogP contribution in [0.25, 0.3) is 0 Å². The van der Waals surface area contributed by atoms with Crippen molar-refractivity contribution in [3.63, 3.8) is 0 Å². The second kappa shape index (κ2) is 8.67. The SMILES string of the molecule is CSc1nnc(CCCNC(=O)c2ccncc2)n1CC(C)C. The molecule has 0 aliphatic heterocycles. The van der Waals surface area contributed by atoms with Crippen molar-refractivity contribution in [3.8, 4) is 0 Å². The summed E-state index contributed by atoms with van der Waals surface area (Å²) >= 11 is 1.61. The Morgan fingerprint density at radius 2 is 2.04 bits per heavy atom. The highest BCUT2D eigenvalue weighted by molar-refractivity contribution is 7.98. The fourth-order valence-corrected chi connectivity index (χ4v) is 2.78. The van der Waals surface area contributed by atoms with Gasteiger partial charge in [-0.1, -0.05) is 25.6 Å². The van der Waals surface area contributed by atoms with Crippen LogP contribution in [0.5, 0.6) is 0 Å². The van der Waals surface area contributed by atoms with E-state index in [4.69, 9.17) is 0 Å². The van der Waals surface area contributed by atoms with E-state index in [1.165, 1.54) is 0 Å². The Morgan fingerprint density at radius 1 is 1.30 bits per heavy atom. The molecule has 2 aromatic heterocycles. The minimum absolute atomic E-state index is 0.0687. The molecule has 1 amide bonds. The first kappa shape index (κ1) is 17.5. The number of aryl methyl sites for hydroxylation is 1. The van der Waals surface area contributed by atoms with E-state index < -0.39 is 0 Å². The molecule has 0 unspecified atom stereocenters. The lowest BCUT2D eigenvalue weighted by atomic mass is 10.2. The van der Waals surface area contributed by atoms with Crippen molar-refractivity contribution in [1.29, 1.82) is 0 Å². The molecule has 124 valence electrons. The van der Waals surface area contributed by atoms with Crippen LogP contribution in [0.15, 0.2) is 29.7 Å². The number of hydrogen-bond donors (Lipinski definition) is 1. The number of pyridine rings is 1. The number of carbonyl (C=O) groups is 1. The maximum atomic E-state index is 11.9. The van der Waals surface area contributed by atoms with Crippen molar-refractivity contribution in [2.24, 2.45) is 5.92 Å². The molecule has 0 radical (unpaired) electrons. The Balaban J connectivity index is 1.84.